The van der Waals surface area contributed by atoms with Crippen molar-refractivity contribution >= 4 is 55.4 Å². The van der Waals surface area contributed by atoms with E-state index < -0.39 is 0 Å². The highest BCUT2D eigenvalue weighted by Crippen LogP contribution is 2.33. The number of nitrogens with one attached hydrogen (secondary N) is 1. The van der Waals surface area contributed by atoms with Crippen LogP contribution in [-0.4, -0.2) is 21.5 Å². The van der Waals surface area contributed by atoms with Crippen molar-refractivity contribution in [3.8, 4) is 17.1 Å². The predicted octanol–water partition coefficient (Wildman–Crippen LogP) is 5.16. The van der Waals surface area contributed by atoms with Crippen LogP contribution in [0.5, 0.6) is 5.75 Å². The molecule has 0 radical (unpaired) electrons. The number of aryl methyl sites for hydroxylation is 1. The minimum atomic E-state index is 0. The van der Waals surface area contributed by atoms with Gasteiger partial charge in [-0.25, -0.2) is 9.97 Å². The minimum Gasteiger partial charge on any atom is -0.495 e. The molecule has 3 aromatic heterocycles. The molecule has 0 spiro atoms. The van der Waals surface area contributed by atoms with Gasteiger partial charge in [-0.2, -0.15) is 0 Å². The lowest BCUT2D eigenvalue weighted by atomic mass is 10.3. The highest BCUT2D eigenvalue weighted by molar-refractivity contribution is 8.93. The molecule has 0 atom stereocenters. The third-order valence-electron chi connectivity index (χ3n) is 3.53. The highest BCUT2D eigenvalue weighted by atomic mass is 79.9. The number of fused-ring (bicyclic) bond motifs is 1. The molecular formula is C16H15BrN4OS2. The van der Waals surface area contributed by atoms with Crippen LogP contribution in [0.4, 0.5) is 10.8 Å². The lowest BCUT2D eigenvalue weighted by Gasteiger charge is -2.08. The average Bonchev–Trinajstić information content (AvgIpc) is 3.24. The summed E-state index contributed by atoms with van der Waals surface area (Å²) in [6, 6.07) is 7.81. The number of thiazole rings is 2. The molecule has 0 aliphatic heterocycles. The molecule has 0 bridgehead atoms. The first-order chi connectivity index (χ1) is 11.3. The van der Waals surface area contributed by atoms with Crippen molar-refractivity contribution in [2.75, 3.05) is 12.4 Å². The molecule has 0 saturated carbocycles. The smallest absolute Gasteiger partial charge is 0.194 e. The number of methoxy groups -OCH3 is 1. The summed E-state index contributed by atoms with van der Waals surface area (Å²) in [5.74, 6) is 0.796. The van der Waals surface area contributed by atoms with Crippen molar-refractivity contribution in [2.24, 2.45) is 0 Å². The Kier molecular flexibility index (Phi) is 4.88. The summed E-state index contributed by atoms with van der Waals surface area (Å²) in [4.78, 5) is 10.3. The maximum Gasteiger partial charge on any atom is 0.194 e. The van der Waals surface area contributed by atoms with Crippen LogP contribution in [0.1, 0.15) is 5.69 Å². The van der Waals surface area contributed by atoms with E-state index in [2.05, 4.69) is 14.7 Å². The number of para-hydroxylation sites is 2. The topological polar surface area (TPSA) is 51.5 Å². The molecule has 5 nitrogen and oxygen atoms in total. The number of halogens is 1. The van der Waals surface area contributed by atoms with Gasteiger partial charge in [0.05, 0.1) is 24.2 Å². The predicted molar refractivity (Wildman–Crippen MR) is 106 cm³/mol. The Morgan fingerprint density at radius 3 is 2.83 bits per heavy atom. The largest absolute Gasteiger partial charge is 0.495 e. The molecule has 0 aliphatic rings. The molecule has 0 saturated heterocycles. The number of nitrogens with zero attached hydrogens (tertiary/aromatic N) is 3. The molecule has 8 heteroatoms. The van der Waals surface area contributed by atoms with Crippen LogP contribution < -0.4 is 10.1 Å². The molecular weight excluding hydrogens is 408 g/mol. The second kappa shape index (κ2) is 6.92. The van der Waals surface area contributed by atoms with Crippen LogP contribution >= 0.6 is 39.7 Å². The Hall–Kier alpha value is -1.90. The summed E-state index contributed by atoms with van der Waals surface area (Å²) < 4.78 is 7.45. The SMILES string of the molecule is Br.COc1ccccc1Nc1nc(-c2c(C)nc3sccn23)cs1. The number of rotatable bonds is 4. The van der Waals surface area contributed by atoms with E-state index in [0.29, 0.717) is 0 Å². The summed E-state index contributed by atoms with van der Waals surface area (Å²) in [6.45, 7) is 2.02. The number of imidazole rings is 1. The Morgan fingerprint density at radius 1 is 1.17 bits per heavy atom. The van der Waals surface area contributed by atoms with E-state index in [-0.39, 0.29) is 17.0 Å². The van der Waals surface area contributed by atoms with Crippen LogP contribution in [0.3, 0.4) is 0 Å². The van der Waals surface area contributed by atoms with E-state index in [1.54, 1.807) is 29.8 Å². The van der Waals surface area contributed by atoms with E-state index in [0.717, 1.165) is 38.6 Å². The molecule has 124 valence electrons. The average molecular weight is 423 g/mol. The molecule has 0 unspecified atom stereocenters. The van der Waals surface area contributed by atoms with Crippen LogP contribution in [0.2, 0.25) is 0 Å². The number of aromatic nitrogens is 3. The molecule has 1 N–H and O–H groups in total. The fourth-order valence-electron chi connectivity index (χ4n) is 2.51. The first-order valence-corrected chi connectivity index (χ1v) is 8.80. The maximum absolute atomic E-state index is 5.36. The standard InChI is InChI=1S/C16H14N4OS2.BrH/c1-10-14(20-7-8-22-16(20)17-10)12-9-23-15(19-12)18-11-5-3-4-6-13(11)21-2;/h3-9H,1-2H3,(H,18,19);1H. The number of hydrogen-bond acceptors (Lipinski definition) is 6. The van der Waals surface area contributed by atoms with Crippen molar-refractivity contribution in [2.45, 2.75) is 6.92 Å². The van der Waals surface area contributed by atoms with Crippen molar-refractivity contribution < 1.29 is 4.74 Å². The van der Waals surface area contributed by atoms with Crippen molar-refractivity contribution in [3.63, 3.8) is 0 Å². The molecule has 0 fully saturated rings. The zero-order valence-electron chi connectivity index (χ0n) is 13.0. The van der Waals surface area contributed by atoms with E-state index in [9.17, 15) is 0 Å². The van der Waals surface area contributed by atoms with Crippen LogP contribution in [0.25, 0.3) is 16.3 Å². The van der Waals surface area contributed by atoms with Crippen molar-refractivity contribution in [1.82, 2.24) is 14.4 Å². The van der Waals surface area contributed by atoms with E-state index in [1.165, 1.54) is 0 Å². The first kappa shape index (κ1) is 16.9. The normalized spacial score (nSPS) is 10.6. The van der Waals surface area contributed by atoms with Gasteiger partial charge in [0, 0.05) is 17.0 Å². The molecule has 1 aromatic carbocycles. The minimum absolute atomic E-state index is 0. The monoisotopic (exact) mass is 422 g/mol. The first-order valence-electron chi connectivity index (χ1n) is 7.04. The zero-order chi connectivity index (χ0) is 15.8. The van der Waals surface area contributed by atoms with Gasteiger partial charge >= 0.3 is 0 Å². The summed E-state index contributed by atoms with van der Waals surface area (Å²) in [7, 11) is 1.66. The van der Waals surface area contributed by atoms with Gasteiger partial charge in [0.25, 0.3) is 0 Å². The Morgan fingerprint density at radius 2 is 2.00 bits per heavy atom. The quantitative estimate of drug-likeness (QED) is 0.493. The van der Waals surface area contributed by atoms with Gasteiger partial charge in [-0.3, -0.25) is 4.40 Å². The lowest BCUT2D eigenvalue weighted by Crippen LogP contribution is -1.94. The summed E-state index contributed by atoms with van der Waals surface area (Å²) in [5, 5.41) is 8.23. The number of anilines is 2. The number of ether oxygens (including phenoxy) is 1. The Labute approximate surface area is 157 Å². The summed E-state index contributed by atoms with van der Waals surface area (Å²) >= 11 is 3.19. The van der Waals surface area contributed by atoms with Gasteiger partial charge < -0.3 is 10.1 Å². The summed E-state index contributed by atoms with van der Waals surface area (Å²) in [6.07, 6.45) is 2.03. The second-order valence-corrected chi connectivity index (χ2v) is 6.70. The lowest BCUT2D eigenvalue weighted by molar-refractivity contribution is 0.417. The van der Waals surface area contributed by atoms with Crippen LogP contribution in [-0.2, 0) is 0 Å². The van der Waals surface area contributed by atoms with Gasteiger partial charge in [0.15, 0.2) is 10.1 Å². The third-order valence-corrected chi connectivity index (χ3v) is 5.05. The van der Waals surface area contributed by atoms with E-state index in [4.69, 9.17) is 9.72 Å². The molecule has 24 heavy (non-hydrogen) atoms. The maximum atomic E-state index is 5.36. The zero-order valence-corrected chi connectivity index (χ0v) is 16.4. The summed E-state index contributed by atoms with van der Waals surface area (Å²) in [5.41, 5.74) is 3.87. The molecule has 3 heterocycles. The second-order valence-electron chi connectivity index (χ2n) is 4.96. The van der Waals surface area contributed by atoms with Gasteiger partial charge in [0.2, 0.25) is 0 Å². The molecule has 0 amide bonds. The van der Waals surface area contributed by atoms with E-state index >= 15 is 0 Å². The molecule has 4 aromatic rings. The van der Waals surface area contributed by atoms with Crippen molar-refractivity contribution in [3.05, 3.63) is 46.9 Å². The van der Waals surface area contributed by atoms with E-state index in [1.807, 2.05) is 48.1 Å². The third kappa shape index (κ3) is 2.92. The Bertz CT molecular complexity index is 975. The number of benzene rings is 1. The fourth-order valence-corrected chi connectivity index (χ4v) is 3.97. The molecule has 4 rings (SSSR count). The Balaban J connectivity index is 0.00000169. The van der Waals surface area contributed by atoms with Gasteiger partial charge in [0.1, 0.15) is 11.4 Å². The van der Waals surface area contributed by atoms with Crippen LogP contribution in [0.15, 0.2) is 41.2 Å². The van der Waals surface area contributed by atoms with Gasteiger partial charge in [-0.05, 0) is 19.1 Å². The van der Waals surface area contributed by atoms with Gasteiger partial charge in [-0.15, -0.1) is 39.7 Å². The van der Waals surface area contributed by atoms with Gasteiger partial charge in [-0.1, -0.05) is 12.1 Å². The number of hydrogen-bond donors (Lipinski definition) is 1. The molecule has 0 aliphatic carbocycles. The fraction of sp³-hybridized carbons (Fsp3) is 0.125. The van der Waals surface area contributed by atoms with Crippen molar-refractivity contribution in [1.29, 1.82) is 0 Å². The highest BCUT2D eigenvalue weighted by Gasteiger charge is 2.15. The van der Waals surface area contributed by atoms with Crippen LogP contribution in [0, 0.1) is 6.92 Å².